The third-order valence-electron chi connectivity index (χ3n) is 5.92. The van der Waals surface area contributed by atoms with Crippen LogP contribution in [0.2, 0.25) is 0 Å². The number of morpholine rings is 1. The predicted octanol–water partition coefficient (Wildman–Crippen LogP) is 2.33. The van der Waals surface area contributed by atoms with Crippen molar-refractivity contribution < 1.29 is 9.15 Å². The molecule has 0 aliphatic carbocycles. The summed E-state index contributed by atoms with van der Waals surface area (Å²) in [6, 6.07) is 3.96. The molecule has 2 aliphatic heterocycles. The van der Waals surface area contributed by atoms with Gasteiger partial charge in [-0.05, 0) is 30.5 Å². The van der Waals surface area contributed by atoms with Gasteiger partial charge in [0.25, 0.3) is 0 Å². The van der Waals surface area contributed by atoms with Crippen LogP contribution in [0.25, 0.3) is 0 Å². The van der Waals surface area contributed by atoms with Gasteiger partial charge in [-0.2, -0.15) is 5.10 Å². The van der Waals surface area contributed by atoms with Gasteiger partial charge < -0.3 is 19.4 Å². The summed E-state index contributed by atoms with van der Waals surface area (Å²) in [4.78, 5) is 9.83. The van der Waals surface area contributed by atoms with Gasteiger partial charge in [-0.15, -0.1) is 24.0 Å². The maximum atomic E-state index is 5.47. The average Bonchev–Trinajstić information content (AvgIpc) is 3.52. The molecular formula is C22H35IN6O2. The molecule has 2 aromatic heterocycles. The highest BCUT2D eigenvalue weighted by Gasteiger charge is 2.27. The lowest BCUT2D eigenvalue weighted by Gasteiger charge is -2.26. The summed E-state index contributed by atoms with van der Waals surface area (Å²) >= 11 is 0. The fourth-order valence-electron chi connectivity index (χ4n) is 4.20. The molecular weight excluding hydrogens is 507 g/mol. The van der Waals surface area contributed by atoms with Crippen LogP contribution in [0.15, 0.2) is 40.2 Å². The van der Waals surface area contributed by atoms with Crippen LogP contribution in [0.4, 0.5) is 0 Å². The smallest absolute Gasteiger partial charge is 0.193 e. The first-order valence-corrected chi connectivity index (χ1v) is 11.1. The van der Waals surface area contributed by atoms with Gasteiger partial charge in [-0.3, -0.25) is 14.6 Å². The minimum absolute atomic E-state index is 0. The molecule has 31 heavy (non-hydrogen) atoms. The van der Waals surface area contributed by atoms with Gasteiger partial charge in [0.2, 0.25) is 0 Å². The van der Waals surface area contributed by atoms with Crippen LogP contribution in [-0.2, 0) is 18.2 Å². The molecule has 8 nitrogen and oxygen atoms in total. The van der Waals surface area contributed by atoms with Crippen LogP contribution in [0.1, 0.15) is 30.1 Å². The van der Waals surface area contributed by atoms with Crippen molar-refractivity contribution in [3.63, 3.8) is 0 Å². The highest BCUT2D eigenvalue weighted by Crippen LogP contribution is 2.26. The molecule has 2 aromatic rings. The number of hydrogen-bond acceptors (Lipinski definition) is 5. The van der Waals surface area contributed by atoms with E-state index in [4.69, 9.17) is 14.1 Å². The van der Waals surface area contributed by atoms with Crippen LogP contribution >= 0.6 is 24.0 Å². The first-order chi connectivity index (χ1) is 14.8. The number of furan rings is 1. The van der Waals surface area contributed by atoms with Crippen molar-refractivity contribution in [1.29, 1.82) is 0 Å². The number of guanidine groups is 1. The summed E-state index contributed by atoms with van der Waals surface area (Å²) in [7, 11) is 1.98. The molecule has 0 bridgehead atoms. The van der Waals surface area contributed by atoms with Gasteiger partial charge in [0, 0.05) is 71.4 Å². The van der Waals surface area contributed by atoms with Gasteiger partial charge in [0.15, 0.2) is 5.96 Å². The molecule has 2 aliphatic rings. The monoisotopic (exact) mass is 542 g/mol. The van der Waals surface area contributed by atoms with E-state index >= 15 is 0 Å². The minimum atomic E-state index is 0. The third kappa shape index (κ3) is 7.21. The van der Waals surface area contributed by atoms with Crippen molar-refractivity contribution in [2.45, 2.75) is 25.2 Å². The Bertz CT molecular complexity index is 788. The van der Waals surface area contributed by atoms with Crippen molar-refractivity contribution >= 4 is 29.9 Å². The van der Waals surface area contributed by atoms with Crippen LogP contribution in [0, 0.1) is 0 Å². The molecule has 0 amide bonds. The van der Waals surface area contributed by atoms with Crippen molar-refractivity contribution in [2.75, 3.05) is 59.0 Å². The lowest BCUT2D eigenvalue weighted by molar-refractivity contribution is 0.0377. The second-order valence-electron chi connectivity index (χ2n) is 8.15. The summed E-state index contributed by atoms with van der Waals surface area (Å²) in [6.45, 7) is 8.55. The molecule has 4 heterocycles. The minimum Gasteiger partial charge on any atom is -0.469 e. The zero-order valence-electron chi connectivity index (χ0n) is 18.4. The number of aromatic nitrogens is 2. The van der Waals surface area contributed by atoms with E-state index in [1.54, 1.807) is 6.26 Å². The molecule has 1 unspecified atom stereocenters. The standard InChI is InChI=1S/C22H34N6O2.HI/c1-26-17-20(16-25-26)19-6-10-28(18-19)22(24-8-5-21-4-2-13-30-21)23-7-3-9-27-11-14-29-15-12-27;/h2,4,13,16-17,19H,3,5-12,14-15,18H2,1H3,(H,23,24);1H. The Kier molecular flexibility index (Phi) is 9.66. The number of rotatable bonds is 8. The van der Waals surface area contributed by atoms with E-state index in [0.717, 1.165) is 90.0 Å². The van der Waals surface area contributed by atoms with Gasteiger partial charge in [-0.1, -0.05) is 0 Å². The Hall–Kier alpha value is -1.59. The highest BCUT2D eigenvalue weighted by molar-refractivity contribution is 14.0. The van der Waals surface area contributed by atoms with E-state index in [2.05, 4.69) is 26.4 Å². The van der Waals surface area contributed by atoms with Gasteiger partial charge in [0.1, 0.15) is 5.76 Å². The SMILES string of the molecule is Cn1cc(C2CCN(C(=NCCCN3CCOCC3)NCCc3ccco3)C2)cn1.I. The number of ether oxygens (including phenoxy) is 1. The number of aliphatic imine (C=N–C) groups is 1. The van der Waals surface area contributed by atoms with Gasteiger partial charge in [-0.25, -0.2) is 0 Å². The molecule has 0 spiro atoms. The second kappa shape index (κ2) is 12.4. The molecule has 1 atom stereocenters. The Morgan fingerprint density at radius 1 is 1.29 bits per heavy atom. The predicted molar refractivity (Wildman–Crippen MR) is 132 cm³/mol. The van der Waals surface area contributed by atoms with Crippen LogP contribution in [0.5, 0.6) is 0 Å². The Labute approximate surface area is 202 Å². The molecule has 0 saturated carbocycles. The first kappa shape index (κ1) is 24.1. The van der Waals surface area contributed by atoms with Crippen molar-refractivity contribution in [2.24, 2.45) is 12.0 Å². The van der Waals surface area contributed by atoms with Crippen LogP contribution < -0.4 is 5.32 Å². The number of nitrogens with one attached hydrogen (secondary N) is 1. The lowest BCUT2D eigenvalue weighted by atomic mass is 10.0. The first-order valence-electron chi connectivity index (χ1n) is 11.1. The maximum Gasteiger partial charge on any atom is 0.193 e. The van der Waals surface area contributed by atoms with E-state index in [1.807, 2.05) is 30.1 Å². The molecule has 2 fully saturated rings. The number of hydrogen-bond donors (Lipinski definition) is 1. The fourth-order valence-corrected chi connectivity index (χ4v) is 4.20. The molecule has 0 aromatic carbocycles. The van der Waals surface area contributed by atoms with Crippen molar-refractivity contribution in [3.05, 3.63) is 42.1 Å². The summed E-state index contributed by atoms with van der Waals surface area (Å²) in [5, 5.41) is 7.92. The average molecular weight is 542 g/mol. The Morgan fingerprint density at radius 3 is 2.90 bits per heavy atom. The topological polar surface area (TPSA) is 71.1 Å². The zero-order chi connectivity index (χ0) is 20.6. The molecule has 9 heteroatoms. The third-order valence-corrected chi connectivity index (χ3v) is 5.92. The van der Waals surface area contributed by atoms with Crippen molar-refractivity contribution in [1.82, 2.24) is 24.9 Å². The normalized spacial score (nSPS) is 20.1. The van der Waals surface area contributed by atoms with Crippen LogP contribution in [-0.4, -0.2) is 84.6 Å². The Balaban J connectivity index is 0.00000272. The van der Waals surface area contributed by atoms with E-state index in [9.17, 15) is 0 Å². The lowest BCUT2D eigenvalue weighted by Crippen LogP contribution is -2.41. The van der Waals surface area contributed by atoms with E-state index in [0.29, 0.717) is 5.92 Å². The molecule has 2 saturated heterocycles. The summed E-state index contributed by atoms with van der Waals surface area (Å²) in [5.74, 6) is 2.54. The van der Waals surface area contributed by atoms with Gasteiger partial charge >= 0.3 is 0 Å². The highest BCUT2D eigenvalue weighted by atomic mass is 127. The summed E-state index contributed by atoms with van der Waals surface area (Å²) < 4.78 is 12.8. The van der Waals surface area contributed by atoms with Gasteiger partial charge in [0.05, 0.1) is 25.7 Å². The maximum absolute atomic E-state index is 5.47. The van der Waals surface area contributed by atoms with E-state index in [-0.39, 0.29) is 24.0 Å². The van der Waals surface area contributed by atoms with E-state index in [1.165, 1.54) is 5.56 Å². The fraction of sp³-hybridized carbons (Fsp3) is 0.636. The largest absolute Gasteiger partial charge is 0.469 e. The number of aryl methyl sites for hydroxylation is 1. The molecule has 0 radical (unpaired) electrons. The second-order valence-corrected chi connectivity index (χ2v) is 8.15. The number of halogens is 1. The quantitative estimate of drug-likeness (QED) is 0.239. The molecule has 172 valence electrons. The number of nitrogens with zero attached hydrogens (tertiary/aromatic N) is 5. The summed E-state index contributed by atoms with van der Waals surface area (Å²) in [5.41, 5.74) is 1.32. The Morgan fingerprint density at radius 2 is 2.16 bits per heavy atom. The number of likely N-dealkylation sites (tertiary alicyclic amines) is 1. The molecule has 1 N–H and O–H groups in total. The van der Waals surface area contributed by atoms with Crippen LogP contribution in [0.3, 0.4) is 0 Å². The zero-order valence-corrected chi connectivity index (χ0v) is 20.7. The molecule has 4 rings (SSSR count). The summed E-state index contributed by atoms with van der Waals surface area (Å²) in [6.07, 6.45) is 8.94. The van der Waals surface area contributed by atoms with E-state index < -0.39 is 0 Å². The van der Waals surface area contributed by atoms with Crippen molar-refractivity contribution in [3.8, 4) is 0 Å².